The summed E-state index contributed by atoms with van der Waals surface area (Å²) in [7, 11) is 0. The standard InChI is InChI=1S/C55H66BN3S/c1-32-24-44-46-49(57-32)59(37-20-21-40-41(30-37)55(16,17)31-54(40,14)15)47-39-28-33(50(2,3)4)19-23-45(39)60-48(47)56(46)42-22-18-34(51(5,6)7)29-43(42)58(44)38-26-35(52(8,9)10)25-36(27-38)53(11,12)13/h18-30H,31H2,1-17H3. The second kappa shape index (κ2) is 12.9. The van der Waals surface area contributed by atoms with Gasteiger partial charge in [-0.25, -0.2) is 4.98 Å². The number of pyridine rings is 1. The maximum absolute atomic E-state index is 5.65. The fourth-order valence-electron chi connectivity index (χ4n) is 10.6. The predicted octanol–water partition coefficient (Wildman–Crippen LogP) is 13.8. The van der Waals surface area contributed by atoms with E-state index in [-0.39, 0.29) is 39.2 Å². The van der Waals surface area contributed by atoms with E-state index in [2.05, 4.69) is 206 Å². The molecular weight excluding hydrogens is 746 g/mol. The number of nitrogens with zero attached hydrogens (tertiary/aromatic N) is 3. The van der Waals surface area contributed by atoms with Crippen LogP contribution in [0.25, 0.3) is 10.1 Å². The van der Waals surface area contributed by atoms with Crippen LogP contribution in [-0.2, 0) is 32.5 Å². The highest BCUT2D eigenvalue weighted by molar-refractivity contribution is 7.33. The van der Waals surface area contributed by atoms with Crippen molar-refractivity contribution >= 4 is 78.1 Å². The van der Waals surface area contributed by atoms with Crippen LogP contribution in [0.1, 0.15) is 156 Å². The fraction of sp³-hybridized carbons (Fsp3) is 0.436. The first-order valence-corrected chi connectivity index (χ1v) is 23.1. The highest BCUT2D eigenvalue weighted by Gasteiger charge is 2.48. The number of fused-ring (bicyclic) bond motifs is 7. The van der Waals surface area contributed by atoms with Gasteiger partial charge in [0.25, 0.3) is 6.71 Å². The molecule has 0 saturated carbocycles. The van der Waals surface area contributed by atoms with E-state index in [9.17, 15) is 0 Å². The maximum atomic E-state index is 5.65. The van der Waals surface area contributed by atoms with E-state index < -0.39 is 0 Å². The highest BCUT2D eigenvalue weighted by Crippen LogP contribution is 2.53. The predicted molar refractivity (Wildman–Crippen MR) is 264 cm³/mol. The minimum atomic E-state index is -0.0252. The number of aromatic nitrogens is 1. The monoisotopic (exact) mass is 812 g/mol. The topological polar surface area (TPSA) is 19.4 Å². The lowest BCUT2D eigenvalue weighted by molar-refractivity contribution is 0.403. The van der Waals surface area contributed by atoms with Gasteiger partial charge in [0.05, 0.1) is 5.69 Å². The van der Waals surface area contributed by atoms with E-state index in [4.69, 9.17) is 4.98 Å². The minimum Gasteiger partial charge on any atom is -0.311 e. The molecular formula is C55H66BN3S. The van der Waals surface area contributed by atoms with Crippen molar-refractivity contribution in [1.29, 1.82) is 0 Å². The van der Waals surface area contributed by atoms with Crippen LogP contribution in [0.4, 0.5) is 34.3 Å². The van der Waals surface area contributed by atoms with Crippen LogP contribution in [0, 0.1) is 6.92 Å². The molecule has 0 N–H and O–H groups in total. The van der Waals surface area contributed by atoms with E-state index in [1.165, 1.54) is 87.6 Å². The van der Waals surface area contributed by atoms with E-state index in [1.54, 1.807) is 0 Å². The molecule has 310 valence electrons. The molecule has 9 rings (SSSR count). The van der Waals surface area contributed by atoms with E-state index >= 15 is 0 Å². The summed E-state index contributed by atoms with van der Waals surface area (Å²) in [4.78, 5) is 10.8. The van der Waals surface area contributed by atoms with Gasteiger partial charge in [-0.1, -0.05) is 141 Å². The Hall–Kier alpha value is -4.35. The van der Waals surface area contributed by atoms with E-state index in [1.807, 2.05) is 11.3 Å². The number of hydrogen-bond acceptors (Lipinski definition) is 4. The molecule has 0 spiro atoms. The minimum absolute atomic E-state index is 0.0143. The first-order valence-electron chi connectivity index (χ1n) is 22.3. The van der Waals surface area contributed by atoms with Crippen LogP contribution in [0.3, 0.4) is 0 Å². The van der Waals surface area contributed by atoms with Gasteiger partial charge in [0.15, 0.2) is 0 Å². The molecule has 4 heterocycles. The Balaban J connectivity index is 1.42. The van der Waals surface area contributed by atoms with Crippen molar-refractivity contribution in [2.75, 3.05) is 9.80 Å². The number of rotatable bonds is 2. The van der Waals surface area contributed by atoms with E-state index in [0.717, 1.165) is 17.9 Å². The Bertz CT molecular complexity index is 2720. The molecule has 3 nitrogen and oxygen atoms in total. The van der Waals surface area contributed by atoms with Crippen LogP contribution in [0.5, 0.6) is 0 Å². The molecule has 0 amide bonds. The average molecular weight is 812 g/mol. The Labute approximate surface area is 365 Å². The van der Waals surface area contributed by atoms with Crippen molar-refractivity contribution in [3.63, 3.8) is 0 Å². The molecule has 0 atom stereocenters. The van der Waals surface area contributed by atoms with Gasteiger partial charge in [-0.2, -0.15) is 0 Å². The number of benzene rings is 4. The molecule has 0 fully saturated rings. The molecule has 5 heteroatoms. The third-order valence-electron chi connectivity index (χ3n) is 13.9. The molecule has 0 bridgehead atoms. The van der Waals surface area contributed by atoms with Crippen molar-refractivity contribution in [3.05, 3.63) is 118 Å². The van der Waals surface area contributed by atoms with Gasteiger partial charge in [0.2, 0.25) is 0 Å². The Morgan fingerprint density at radius 2 is 1.15 bits per heavy atom. The first-order chi connectivity index (χ1) is 27.6. The van der Waals surface area contributed by atoms with Gasteiger partial charge in [-0.05, 0) is 139 Å². The number of thiophene rings is 1. The molecule has 2 aliphatic heterocycles. The summed E-state index contributed by atoms with van der Waals surface area (Å²) in [6.07, 6.45) is 1.13. The summed E-state index contributed by atoms with van der Waals surface area (Å²) in [5.74, 6) is 1.05. The lowest BCUT2D eigenvalue weighted by Crippen LogP contribution is -2.61. The average Bonchev–Trinajstić information content (AvgIpc) is 3.59. The second-order valence-corrected chi connectivity index (χ2v) is 25.0. The van der Waals surface area contributed by atoms with Crippen molar-refractivity contribution in [2.45, 2.75) is 157 Å². The van der Waals surface area contributed by atoms with Gasteiger partial charge < -0.3 is 4.90 Å². The van der Waals surface area contributed by atoms with Crippen LogP contribution < -0.4 is 25.5 Å². The molecule has 1 aliphatic carbocycles. The SMILES string of the molecule is Cc1cc2c3c(n1)N(c1ccc4c(c1)C(C)(C)CC4(C)C)c1c(sc4ccc(C(C)(C)C)cc14)B3c1ccc(C(C)(C)C)cc1N2c1cc(C(C)(C)C)cc(C(C)(C)C)c1. The summed E-state index contributed by atoms with van der Waals surface area (Å²) in [5.41, 5.74) is 18.4. The Morgan fingerprint density at radius 1 is 0.567 bits per heavy atom. The smallest absolute Gasteiger partial charge is 0.266 e. The summed E-state index contributed by atoms with van der Waals surface area (Å²) < 4.78 is 2.73. The summed E-state index contributed by atoms with van der Waals surface area (Å²) in [5, 5.41) is 1.32. The molecule has 3 aliphatic rings. The number of aryl methyl sites for hydroxylation is 1. The highest BCUT2D eigenvalue weighted by atomic mass is 32.1. The van der Waals surface area contributed by atoms with Crippen molar-refractivity contribution in [2.24, 2.45) is 0 Å². The van der Waals surface area contributed by atoms with Gasteiger partial charge in [-0.3, -0.25) is 4.90 Å². The molecule has 0 saturated heterocycles. The Morgan fingerprint density at radius 3 is 1.77 bits per heavy atom. The van der Waals surface area contributed by atoms with Gasteiger partial charge >= 0.3 is 0 Å². The molecule has 2 aromatic heterocycles. The van der Waals surface area contributed by atoms with E-state index in [0.29, 0.717) is 0 Å². The third kappa shape index (κ3) is 6.38. The van der Waals surface area contributed by atoms with Gasteiger partial charge in [0.1, 0.15) is 5.82 Å². The van der Waals surface area contributed by atoms with Gasteiger partial charge in [0, 0.05) is 43.3 Å². The third-order valence-corrected chi connectivity index (χ3v) is 15.1. The van der Waals surface area contributed by atoms with Gasteiger partial charge in [-0.15, -0.1) is 11.3 Å². The largest absolute Gasteiger partial charge is 0.311 e. The normalized spacial score (nSPS) is 16.9. The maximum Gasteiger partial charge on any atom is 0.266 e. The lowest BCUT2D eigenvalue weighted by atomic mass is 9.36. The summed E-state index contributed by atoms with van der Waals surface area (Å²) >= 11 is 1.98. The zero-order valence-electron chi connectivity index (χ0n) is 39.5. The zero-order chi connectivity index (χ0) is 43.4. The van der Waals surface area contributed by atoms with Crippen LogP contribution in [-0.4, -0.2) is 11.7 Å². The number of anilines is 6. The zero-order valence-corrected chi connectivity index (χ0v) is 40.4. The fourth-order valence-corrected chi connectivity index (χ4v) is 11.9. The molecule has 6 aromatic rings. The van der Waals surface area contributed by atoms with Crippen LogP contribution in [0.2, 0.25) is 0 Å². The van der Waals surface area contributed by atoms with Crippen LogP contribution in [0.15, 0.2) is 78.9 Å². The summed E-state index contributed by atoms with van der Waals surface area (Å²) in [6, 6.07) is 31.7. The van der Waals surface area contributed by atoms with Crippen molar-refractivity contribution in [1.82, 2.24) is 4.98 Å². The quantitative estimate of drug-likeness (QED) is 0.162. The van der Waals surface area contributed by atoms with Crippen molar-refractivity contribution < 1.29 is 0 Å². The Kier molecular flexibility index (Phi) is 8.79. The molecule has 60 heavy (non-hydrogen) atoms. The molecule has 4 aromatic carbocycles. The first kappa shape index (κ1) is 41.0. The lowest BCUT2D eigenvalue weighted by Gasteiger charge is -2.43. The van der Waals surface area contributed by atoms with Crippen LogP contribution >= 0.6 is 11.3 Å². The molecule has 0 unspecified atom stereocenters. The van der Waals surface area contributed by atoms with Crippen molar-refractivity contribution in [3.8, 4) is 0 Å². The second-order valence-electron chi connectivity index (χ2n) is 23.9. The summed E-state index contributed by atoms with van der Waals surface area (Å²) in [6.45, 7) is 40.0. The number of hydrogen-bond donors (Lipinski definition) is 0. The molecule has 0 radical (unpaired) electrons.